The van der Waals surface area contributed by atoms with Gasteiger partial charge in [0.1, 0.15) is 0 Å². The summed E-state index contributed by atoms with van der Waals surface area (Å²) >= 11 is 0. The third-order valence-electron chi connectivity index (χ3n) is 2.34. The molecule has 2 nitrogen and oxygen atoms in total. The van der Waals surface area contributed by atoms with Gasteiger partial charge >= 0.3 is 5.97 Å². The summed E-state index contributed by atoms with van der Waals surface area (Å²) in [7, 11) is 0. The monoisotopic (exact) mass is 178 g/mol. The van der Waals surface area contributed by atoms with Crippen LogP contribution in [0.2, 0.25) is 0 Å². The first kappa shape index (κ1) is 9.78. The average molecular weight is 178 g/mol. The fourth-order valence-electron chi connectivity index (χ4n) is 1.51. The van der Waals surface area contributed by atoms with Crippen LogP contribution >= 0.6 is 0 Å². The lowest BCUT2D eigenvalue weighted by atomic mass is 10.1. The number of hydrogen-bond donors (Lipinski definition) is 1. The molecule has 13 heavy (non-hydrogen) atoms. The highest BCUT2D eigenvalue weighted by atomic mass is 16.4. The van der Waals surface area contributed by atoms with E-state index >= 15 is 0 Å². The maximum absolute atomic E-state index is 10.7. The van der Waals surface area contributed by atoms with Crippen LogP contribution in [0.5, 0.6) is 0 Å². The molecule has 0 unspecified atom stereocenters. The van der Waals surface area contributed by atoms with Gasteiger partial charge in [-0.2, -0.15) is 0 Å². The molecule has 0 saturated carbocycles. The van der Waals surface area contributed by atoms with Gasteiger partial charge in [-0.05, 0) is 37.8 Å². The molecule has 0 aliphatic heterocycles. The SMILES string of the molecule is C=C/C(=C\C1=C(C)CCC1)C(=O)O. The van der Waals surface area contributed by atoms with Crippen LogP contribution in [-0.2, 0) is 4.79 Å². The molecule has 0 bridgehead atoms. The van der Waals surface area contributed by atoms with E-state index in [4.69, 9.17) is 5.11 Å². The van der Waals surface area contributed by atoms with Crippen LogP contribution in [0.3, 0.4) is 0 Å². The fourth-order valence-corrected chi connectivity index (χ4v) is 1.51. The van der Waals surface area contributed by atoms with Crippen molar-refractivity contribution >= 4 is 5.97 Å². The lowest BCUT2D eigenvalue weighted by Crippen LogP contribution is -1.97. The smallest absolute Gasteiger partial charge is 0.335 e. The van der Waals surface area contributed by atoms with E-state index in [1.807, 2.05) is 0 Å². The third-order valence-corrected chi connectivity index (χ3v) is 2.34. The predicted octanol–water partition coefficient (Wildman–Crippen LogP) is 2.68. The Morgan fingerprint density at radius 1 is 1.54 bits per heavy atom. The molecule has 0 amide bonds. The second kappa shape index (κ2) is 4.08. The van der Waals surface area contributed by atoms with Crippen LogP contribution in [0.25, 0.3) is 0 Å². The number of hydrogen-bond acceptors (Lipinski definition) is 1. The molecule has 1 rings (SSSR count). The number of carboxylic acids is 1. The molecule has 0 heterocycles. The molecule has 0 saturated heterocycles. The first-order valence-electron chi connectivity index (χ1n) is 4.41. The first-order chi connectivity index (χ1) is 6.15. The van der Waals surface area contributed by atoms with Crippen LogP contribution in [-0.4, -0.2) is 11.1 Å². The zero-order chi connectivity index (χ0) is 9.84. The van der Waals surface area contributed by atoms with Crippen molar-refractivity contribution in [3.05, 3.63) is 35.5 Å². The maximum Gasteiger partial charge on any atom is 0.335 e. The molecule has 0 aromatic carbocycles. The van der Waals surface area contributed by atoms with Crippen molar-refractivity contribution in [2.45, 2.75) is 26.2 Å². The van der Waals surface area contributed by atoms with E-state index in [9.17, 15) is 4.79 Å². The van der Waals surface area contributed by atoms with Gasteiger partial charge in [-0.15, -0.1) is 0 Å². The quantitative estimate of drug-likeness (QED) is 0.533. The molecule has 2 heteroatoms. The summed E-state index contributed by atoms with van der Waals surface area (Å²) in [6.45, 7) is 5.53. The molecule has 0 aromatic rings. The second-order valence-corrected chi connectivity index (χ2v) is 3.27. The number of carbonyl (C=O) groups is 1. The summed E-state index contributed by atoms with van der Waals surface area (Å²) in [5.41, 5.74) is 2.76. The van der Waals surface area contributed by atoms with Crippen molar-refractivity contribution in [2.24, 2.45) is 0 Å². The van der Waals surface area contributed by atoms with E-state index < -0.39 is 5.97 Å². The Balaban J connectivity index is 2.90. The molecule has 0 atom stereocenters. The van der Waals surface area contributed by atoms with Crippen LogP contribution in [0.4, 0.5) is 0 Å². The molecule has 70 valence electrons. The normalized spacial score (nSPS) is 17.8. The highest BCUT2D eigenvalue weighted by Crippen LogP contribution is 2.27. The summed E-state index contributed by atoms with van der Waals surface area (Å²) in [5, 5.41) is 8.76. The van der Waals surface area contributed by atoms with Gasteiger partial charge in [-0.3, -0.25) is 0 Å². The summed E-state index contributed by atoms with van der Waals surface area (Å²) in [6, 6.07) is 0. The van der Waals surface area contributed by atoms with E-state index in [1.54, 1.807) is 6.08 Å². The van der Waals surface area contributed by atoms with Crippen molar-refractivity contribution in [1.82, 2.24) is 0 Å². The molecule has 0 fully saturated rings. The topological polar surface area (TPSA) is 37.3 Å². The zero-order valence-corrected chi connectivity index (χ0v) is 7.84. The second-order valence-electron chi connectivity index (χ2n) is 3.27. The summed E-state index contributed by atoms with van der Waals surface area (Å²) in [6.07, 6.45) is 6.35. The molecular formula is C11H14O2. The van der Waals surface area contributed by atoms with Gasteiger partial charge in [0.15, 0.2) is 0 Å². The van der Waals surface area contributed by atoms with Gasteiger partial charge in [-0.25, -0.2) is 4.79 Å². The highest BCUT2D eigenvalue weighted by molar-refractivity contribution is 5.90. The molecule has 0 aromatic heterocycles. The highest BCUT2D eigenvalue weighted by Gasteiger charge is 2.10. The molecule has 1 aliphatic carbocycles. The Bertz CT molecular complexity index is 295. The van der Waals surface area contributed by atoms with E-state index in [-0.39, 0.29) is 5.57 Å². The minimum absolute atomic E-state index is 0.288. The minimum Gasteiger partial charge on any atom is -0.478 e. The Morgan fingerprint density at radius 3 is 2.62 bits per heavy atom. The van der Waals surface area contributed by atoms with Crippen LogP contribution in [0, 0.1) is 0 Å². The van der Waals surface area contributed by atoms with Crippen LogP contribution < -0.4 is 0 Å². The zero-order valence-electron chi connectivity index (χ0n) is 7.84. The van der Waals surface area contributed by atoms with Gasteiger partial charge in [0, 0.05) is 0 Å². The van der Waals surface area contributed by atoms with Gasteiger partial charge in [0.25, 0.3) is 0 Å². The Hall–Kier alpha value is -1.31. The van der Waals surface area contributed by atoms with Gasteiger partial charge in [0.2, 0.25) is 0 Å². The summed E-state index contributed by atoms with van der Waals surface area (Å²) in [4.78, 5) is 10.7. The summed E-state index contributed by atoms with van der Waals surface area (Å²) < 4.78 is 0. The lowest BCUT2D eigenvalue weighted by Gasteiger charge is -1.97. The Labute approximate surface area is 78.3 Å². The lowest BCUT2D eigenvalue weighted by molar-refractivity contribution is -0.132. The summed E-state index contributed by atoms with van der Waals surface area (Å²) in [5.74, 6) is -0.901. The molecular weight excluding hydrogens is 164 g/mol. The molecule has 1 aliphatic rings. The van der Waals surface area contributed by atoms with Gasteiger partial charge in [-0.1, -0.05) is 18.2 Å². The van der Waals surface area contributed by atoms with Crippen molar-refractivity contribution in [1.29, 1.82) is 0 Å². The average Bonchev–Trinajstić information content (AvgIpc) is 2.46. The number of aliphatic carboxylic acids is 1. The van der Waals surface area contributed by atoms with Gasteiger partial charge in [0.05, 0.1) is 5.57 Å². The third kappa shape index (κ3) is 2.31. The van der Waals surface area contributed by atoms with E-state index in [0.29, 0.717) is 0 Å². The fraction of sp³-hybridized carbons (Fsp3) is 0.364. The van der Waals surface area contributed by atoms with Crippen molar-refractivity contribution in [3.63, 3.8) is 0 Å². The molecule has 0 spiro atoms. The van der Waals surface area contributed by atoms with Crippen molar-refractivity contribution in [3.8, 4) is 0 Å². The van der Waals surface area contributed by atoms with Crippen LogP contribution in [0.1, 0.15) is 26.2 Å². The van der Waals surface area contributed by atoms with E-state index in [0.717, 1.165) is 24.8 Å². The largest absolute Gasteiger partial charge is 0.478 e. The van der Waals surface area contributed by atoms with Crippen molar-refractivity contribution < 1.29 is 9.90 Å². The van der Waals surface area contributed by atoms with Crippen molar-refractivity contribution in [2.75, 3.05) is 0 Å². The maximum atomic E-state index is 10.7. The van der Waals surface area contributed by atoms with Crippen LogP contribution in [0.15, 0.2) is 35.5 Å². The van der Waals surface area contributed by atoms with Gasteiger partial charge < -0.3 is 5.11 Å². The number of rotatable bonds is 3. The first-order valence-corrected chi connectivity index (χ1v) is 4.41. The Kier molecular flexibility index (Phi) is 3.07. The van der Waals surface area contributed by atoms with E-state index in [1.165, 1.54) is 11.6 Å². The Morgan fingerprint density at radius 2 is 2.23 bits per heavy atom. The number of allylic oxidation sites excluding steroid dienone is 3. The predicted molar refractivity (Wildman–Crippen MR) is 52.5 cm³/mol. The molecule has 1 N–H and O–H groups in total. The minimum atomic E-state index is -0.901. The molecule has 0 radical (unpaired) electrons. The standard InChI is InChI=1S/C11H14O2/c1-3-9(11(12)13)7-10-6-4-5-8(10)2/h3,7H,1,4-6H2,2H3,(H,12,13)/b9-7+. The van der Waals surface area contributed by atoms with E-state index in [2.05, 4.69) is 13.5 Å². The number of carboxylic acid groups (broad SMARTS) is 1.